The van der Waals surface area contributed by atoms with Crippen LogP contribution in [0.2, 0.25) is 13.1 Å². The summed E-state index contributed by atoms with van der Waals surface area (Å²) in [7, 11) is -1.84. The van der Waals surface area contributed by atoms with E-state index in [0.717, 1.165) is 19.6 Å². The molecule has 4 heteroatoms. The molecule has 1 fully saturated rings. The summed E-state index contributed by atoms with van der Waals surface area (Å²) >= 11 is 0. The lowest BCUT2D eigenvalue weighted by atomic mass is 10.4. The van der Waals surface area contributed by atoms with Crippen molar-refractivity contribution in [2.45, 2.75) is 39.0 Å². The smallest absolute Gasteiger partial charge is 0.331 e. The van der Waals surface area contributed by atoms with E-state index in [1.165, 1.54) is 6.42 Å². The molecular formula is C9H20O3Si. The van der Waals surface area contributed by atoms with Crippen LogP contribution in [0, 0.1) is 0 Å². The van der Waals surface area contributed by atoms with Crippen LogP contribution in [0.5, 0.6) is 0 Å². The van der Waals surface area contributed by atoms with E-state index in [-0.39, 0.29) is 0 Å². The van der Waals surface area contributed by atoms with Crippen LogP contribution in [0.4, 0.5) is 0 Å². The largest absolute Gasteiger partial charge is 0.395 e. The summed E-state index contributed by atoms with van der Waals surface area (Å²) in [6.07, 6.45) is 2.65. The van der Waals surface area contributed by atoms with Crippen LogP contribution in [-0.2, 0) is 13.6 Å². The number of epoxide rings is 1. The van der Waals surface area contributed by atoms with Gasteiger partial charge in [0.05, 0.1) is 13.2 Å². The van der Waals surface area contributed by atoms with Crippen LogP contribution in [0.1, 0.15) is 19.8 Å². The molecule has 0 aromatic heterocycles. The molecule has 1 atom stereocenters. The summed E-state index contributed by atoms with van der Waals surface area (Å²) in [6.45, 7) is 8.75. The first kappa shape index (κ1) is 11.2. The lowest BCUT2D eigenvalue weighted by Gasteiger charge is -2.22. The molecular weight excluding hydrogens is 184 g/mol. The van der Waals surface area contributed by atoms with Crippen molar-refractivity contribution in [3.8, 4) is 0 Å². The maximum Gasteiger partial charge on any atom is 0.331 e. The van der Waals surface area contributed by atoms with Gasteiger partial charge in [-0.3, -0.25) is 0 Å². The van der Waals surface area contributed by atoms with E-state index in [4.69, 9.17) is 13.6 Å². The number of rotatable bonds is 7. The predicted molar refractivity (Wildman–Crippen MR) is 54.0 cm³/mol. The molecule has 1 heterocycles. The molecule has 1 rings (SSSR count). The van der Waals surface area contributed by atoms with Gasteiger partial charge in [-0.15, -0.1) is 0 Å². The van der Waals surface area contributed by atoms with E-state index in [1.807, 2.05) is 0 Å². The van der Waals surface area contributed by atoms with E-state index in [0.29, 0.717) is 12.7 Å². The van der Waals surface area contributed by atoms with Crippen molar-refractivity contribution >= 4 is 8.56 Å². The van der Waals surface area contributed by atoms with Gasteiger partial charge in [-0.25, -0.2) is 0 Å². The maximum atomic E-state index is 5.71. The first-order valence-corrected chi connectivity index (χ1v) is 7.85. The van der Waals surface area contributed by atoms with Gasteiger partial charge in [0.25, 0.3) is 0 Å². The number of hydrogen-bond donors (Lipinski definition) is 0. The second-order valence-electron chi connectivity index (χ2n) is 3.87. The lowest BCUT2D eigenvalue weighted by molar-refractivity contribution is 0.163. The molecule has 1 aliphatic heterocycles. The molecule has 13 heavy (non-hydrogen) atoms. The van der Waals surface area contributed by atoms with Crippen LogP contribution in [0.15, 0.2) is 0 Å². The number of ether oxygens (including phenoxy) is 1. The molecule has 0 amide bonds. The van der Waals surface area contributed by atoms with Gasteiger partial charge >= 0.3 is 8.56 Å². The number of hydrogen-bond acceptors (Lipinski definition) is 3. The second-order valence-corrected chi connectivity index (χ2v) is 7.25. The molecule has 1 aliphatic rings. The molecule has 0 aromatic rings. The third-order valence-corrected chi connectivity index (χ3v) is 3.73. The zero-order valence-electron chi connectivity index (χ0n) is 8.84. The van der Waals surface area contributed by atoms with Gasteiger partial charge in [-0.1, -0.05) is 13.3 Å². The highest BCUT2D eigenvalue weighted by atomic mass is 28.4. The van der Waals surface area contributed by atoms with Crippen molar-refractivity contribution in [3.05, 3.63) is 0 Å². The van der Waals surface area contributed by atoms with Gasteiger partial charge in [0.15, 0.2) is 0 Å². The molecule has 78 valence electrons. The monoisotopic (exact) mass is 204 g/mol. The highest BCUT2D eigenvalue weighted by molar-refractivity contribution is 6.64. The third kappa shape index (κ3) is 5.41. The van der Waals surface area contributed by atoms with Gasteiger partial charge in [0.2, 0.25) is 0 Å². The number of unbranched alkanes of at least 4 members (excludes halogenated alkanes) is 1. The van der Waals surface area contributed by atoms with Crippen molar-refractivity contribution < 1.29 is 13.6 Å². The standard InChI is InChI=1S/C9H20O3Si/c1-4-5-6-11-13(2,3)12-8-9-7-10-9/h9H,4-8H2,1-3H3. The fraction of sp³-hybridized carbons (Fsp3) is 1.00. The Morgan fingerprint density at radius 3 is 2.62 bits per heavy atom. The van der Waals surface area contributed by atoms with Gasteiger partial charge in [0, 0.05) is 6.61 Å². The van der Waals surface area contributed by atoms with Crippen molar-refractivity contribution in [2.24, 2.45) is 0 Å². The third-order valence-electron chi connectivity index (χ3n) is 1.97. The van der Waals surface area contributed by atoms with Gasteiger partial charge in [-0.2, -0.15) is 0 Å². The average molecular weight is 204 g/mol. The Hall–Kier alpha value is 0.0969. The summed E-state index contributed by atoms with van der Waals surface area (Å²) in [5.41, 5.74) is 0. The Morgan fingerprint density at radius 2 is 2.08 bits per heavy atom. The quantitative estimate of drug-likeness (QED) is 0.361. The van der Waals surface area contributed by atoms with Crippen molar-refractivity contribution in [1.82, 2.24) is 0 Å². The Morgan fingerprint density at radius 1 is 1.38 bits per heavy atom. The van der Waals surface area contributed by atoms with Crippen LogP contribution in [0.3, 0.4) is 0 Å². The van der Waals surface area contributed by atoms with Crippen LogP contribution < -0.4 is 0 Å². The SMILES string of the molecule is CCCCO[Si](C)(C)OCC1CO1. The molecule has 0 radical (unpaired) electrons. The van der Waals surface area contributed by atoms with Crippen molar-refractivity contribution in [3.63, 3.8) is 0 Å². The minimum atomic E-state index is -1.84. The lowest BCUT2D eigenvalue weighted by Crippen LogP contribution is -2.36. The van der Waals surface area contributed by atoms with Crippen molar-refractivity contribution in [2.75, 3.05) is 19.8 Å². The van der Waals surface area contributed by atoms with Gasteiger partial charge in [0.1, 0.15) is 6.10 Å². The molecule has 0 bridgehead atoms. The Bertz CT molecular complexity index is 146. The maximum absolute atomic E-state index is 5.71. The molecule has 3 nitrogen and oxygen atoms in total. The van der Waals surface area contributed by atoms with E-state index < -0.39 is 8.56 Å². The van der Waals surface area contributed by atoms with Crippen molar-refractivity contribution in [1.29, 1.82) is 0 Å². The summed E-state index contributed by atoms with van der Waals surface area (Å²) in [5.74, 6) is 0. The molecule has 1 unspecified atom stereocenters. The van der Waals surface area contributed by atoms with Crippen LogP contribution >= 0.6 is 0 Å². The van der Waals surface area contributed by atoms with E-state index in [9.17, 15) is 0 Å². The van der Waals surface area contributed by atoms with Gasteiger partial charge < -0.3 is 13.6 Å². The van der Waals surface area contributed by atoms with E-state index >= 15 is 0 Å². The second kappa shape index (κ2) is 5.10. The molecule has 0 aromatic carbocycles. The zero-order valence-corrected chi connectivity index (χ0v) is 9.84. The van der Waals surface area contributed by atoms with E-state index in [1.54, 1.807) is 0 Å². The molecule has 0 aliphatic carbocycles. The summed E-state index contributed by atoms with van der Waals surface area (Å²) in [5, 5.41) is 0. The molecule has 0 N–H and O–H groups in total. The Kier molecular flexibility index (Phi) is 4.38. The fourth-order valence-corrected chi connectivity index (χ4v) is 2.27. The normalized spacial score (nSPS) is 21.9. The zero-order chi connectivity index (χ0) is 9.73. The fourth-order valence-electron chi connectivity index (χ4n) is 0.962. The Labute approximate surface area is 81.6 Å². The summed E-state index contributed by atoms with van der Waals surface area (Å²) in [4.78, 5) is 0. The minimum Gasteiger partial charge on any atom is -0.395 e. The highest BCUT2D eigenvalue weighted by Crippen LogP contribution is 2.14. The summed E-state index contributed by atoms with van der Waals surface area (Å²) in [6, 6.07) is 0. The molecule has 0 saturated carbocycles. The molecule has 1 saturated heterocycles. The first-order valence-electron chi connectivity index (χ1n) is 5.03. The predicted octanol–water partition coefficient (Wildman–Crippen LogP) is 1.92. The van der Waals surface area contributed by atoms with Crippen LogP contribution in [0.25, 0.3) is 0 Å². The first-order chi connectivity index (χ1) is 6.14. The minimum absolute atomic E-state index is 0.349. The summed E-state index contributed by atoms with van der Waals surface area (Å²) < 4.78 is 16.5. The topological polar surface area (TPSA) is 31.0 Å². The molecule has 0 spiro atoms. The van der Waals surface area contributed by atoms with E-state index in [2.05, 4.69) is 20.0 Å². The Balaban J connectivity index is 2.03. The highest BCUT2D eigenvalue weighted by Gasteiger charge is 2.30. The average Bonchev–Trinajstić information content (AvgIpc) is 2.84. The van der Waals surface area contributed by atoms with Crippen LogP contribution in [-0.4, -0.2) is 34.5 Å². The van der Waals surface area contributed by atoms with Gasteiger partial charge in [-0.05, 0) is 19.5 Å².